The minimum Gasteiger partial charge on any atom is -0.351 e. The Balaban J connectivity index is 1.96. The van der Waals surface area contributed by atoms with Gasteiger partial charge in [0.25, 0.3) is 5.91 Å². The first-order valence-electron chi connectivity index (χ1n) is 6.57. The Labute approximate surface area is 117 Å². The number of amides is 1. The summed E-state index contributed by atoms with van der Waals surface area (Å²) >= 11 is 0. The normalized spacial score (nSPS) is 10.7. The van der Waals surface area contributed by atoms with Crippen LogP contribution >= 0.6 is 0 Å². The Morgan fingerprint density at radius 1 is 1.05 bits per heavy atom. The van der Waals surface area contributed by atoms with Crippen molar-refractivity contribution in [1.29, 1.82) is 0 Å². The van der Waals surface area contributed by atoms with Crippen molar-refractivity contribution in [3.05, 3.63) is 65.9 Å². The van der Waals surface area contributed by atoms with Crippen molar-refractivity contribution in [1.82, 2.24) is 4.98 Å². The predicted octanol–water partition coefficient (Wildman–Crippen LogP) is 3.75. The average molecular weight is 264 g/mol. The number of para-hydroxylation sites is 1. The van der Waals surface area contributed by atoms with Gasteiger partial charge in [-0.1, -0.05) is 30.3 Å². The Morgan fingerprint density at radius 2 is 1.80 bits per heavy atom. The summed E-state index contributed by atoms with van der Waals surface area (Å²) in [6.07, 6.45) is 0. The minimum atomic E-state index is -0.0370. The highest BCUT2D eigenvalue weighted by Crippen LogP contribution is 2.20. The third-order valence-corrected chi connectivity index (χ3v) is 3.46. The fourth-order valence-electron chi connectivity index (χ4n) is 2.31. The van der Waals surface area contributed by atoms with Crippen LogP contribution in [0.2, 0.25) is 0 Å². The van der Waals surface area contributed by atoms with Gasteiger partial charge in [0.2, 0.25) is 0 Å². The van der Waals surface area contributed by atoms with E-state index in [1.807, 2.05) is 55.5 Å². The molecule has 0 atom stereocenters. The van der Waals surface area contributed by atoms with E-state index < -0.39 is 0 Å². The number of carbonyl (C=O) groups excluding carboxylic acids is 1. The van der Waals surface area contributed by atoms with Crippen LogP contribution in [0.4, 0.5) is 5.69 Å². The third kappa shape index (κ3) is 2.18. The van der Waals surface area contributed by atoms with E-state index in [4.69, 9.17) is 0 Å². The van der Waals surface area contributed by atoms with E-state index in [9.17, 15) is 4.79 Å². The molecule has 1 N–H and O–H groups in total. The minimum absolute atomic E-state index is 0.0370. The number of hydrogen-bond acceptors (Lipinski definition) is 1. The number of aryl methyl sites for hydroxylation is 1. The summed E-state index contributed by atoms with van der Waals surface area (Å²) < 4.78 is 0. The number of benzene rings is 2. The van der Waals surface area contributed by atoms with Crippen LogP contribution in [-0.4, -0.2) is 17.9 Å². The Bertz CT molecular complexity index is 759. The first-order valence-corrected chi connectivity index (χ1v) is 6.57. The van der Waals surface area contributed by atoms with Gasteiger partial charge in [0.1, 0.15) is 5.69 Å². The van der Waals surface area contributed by atoms with Crippen molar-refractivity contribution in [2.75, 3.05) is 11.9 Å². The molecule has 2 aromatic carbocycles. The van der Waals surface area contributed by atoms with Crippen LogP contribution in [0.3, 0.4) is 0 Å². The highest BCUT2D eigenvalue weighted by Gasteiger charge is 2.15. The van der Waals surface area contributed by atoms with Crippen LogP contribution in [0, 0.1) is 6.92 Å². The number of H-pyrrole nitrogens is 1. The second kappa shape index (κ2) is 4.85. The first-order chi connectivity index (χ1) is 9.65. The quantitative estimate of drug-likeness (QED) is 0.751. The fraction of sp³-hybridized carbons (Fsp3) is 0.118. The standard InChI is InChI=1S/C17H16N2O/c1-12-8-9-13-11-16(18-15(13)10-12)17(20)19(2)14-6-4-3-5-7-14/h3-11,18H,1-2H3. The van der Waals surface area contributed by atoms with Gasteiger partial charge in [0.15, 0.2) is 0 Å². The predicted molar refractivity (Wildman–Crippen MR) is 82.2 cm³/mol. The number of nitrogens with one attached hydrogen (secondary N) is 1. The number of aromatic nitrogens is 1. The van der Waals surface area contributed by atoms with E-state index in [1.165, 1.54) is 5.56 Å². The Kier molecular flexibility index (Phi) is 3.03. The summed E-state index contributed by atoms with van der Waals surface area (Å²) in [5, 5.41) is 1.06. The van der Waals surface area contributed by atoms with Crippen LogP contribution in [0.25, 0.3) is 10.9 Å². The molecular formula is C17H16N2O. The number of fused-ring (bicyclic) bond motifs is 1. The molecule has 0 aliphatic carbocycles. The van der Waals surface area contributed by atoms with Gasteiger partial charge in [-0.05, 0) is 36.8 Å². The van der Waals surface area contributed by atoms with Crippen LogP contribution < -0.4 is 4.90 Å². The Morgan fingerprint density at radius 3 is 2.55 bits per heavy atom. The zero-order valence-electron chi connectivity index (χ0n) is 11.6. The lowest BCUT2D eigenvalue weighted by atomic mass is 10.2. The van der Waals surface area contributed by atoms with Gasteiger partial charge in [0.05, 0.1) is 0 Å². The van der Waals surface area contributed by atoms with E-state index in [1.54, 1.807) is 11.9 Å². The van der Waals surface area contributed by atoms with Gasteiger partial charge in [-0.2, -0.15) is 0 Å². The summed E-state index contributed by atoms with van der Waals surface area (Å²) in [6.45, 7) is 2.04. The third-order valence-electron chi connectivity index (χ3n) is 3.46. The summed E-state index contributed by atoms with van der Waals surface area (Å²) in [4.78, 5) is 17.3. The number of carbonyl (C=O) groups is 1. The molecule has 1 heterocycles. The molecule has 3 heteroatoms. The lowest BCUT2D eigenvalue weighted by Gasteiger charge is -2.16. The van der Waals surface area contributed by atoms with Crippen LogP contribution in [0.15, 0.2) is 54.6 Å². The number of hydrogen-bond donors (Lipinski definition) is 1. The van der Waals surface area contributed by atoms with Gasteiger partial charge in [-0.3, -0.25) is 4.79 Å². The zero-order valence-corrected chi connectivity index (χ0v) is 11.6. The number of anilines is 1. The van der Waals surface area contributed by atoms with Crippen molar-refractivity contribution in [3.8, 4) is 0 Å². The second-order valence-corrected chi connectivity index (χ2v) is 4.97. The molecule has 0 bridgehead atoms. The van der Waals surface area contributed by atoms with Gasteiger partial charge < -0.3 is 9.88 Å². The molecule has 0 radical (unpaired) electrons. The maximum absolute atomic E-state index is 12.5. The van der Waals surface area contributed by atoms with Crippen molar-refractivity contribution < 1.29 is 4.79 Å². The van der Waals surface area contributed by atoms with Gasteiger partial charge >= 0.3 is 0 Å². The molecule has 20 heavy (non-hydrogen) atoms. The number of aromatic amines is 1. The maximum atomic E-state index is 12.5. The second-order valence-electron chi connectivity index (χ2n) is 4.97. The van der Waals surface area contributed by atoms with Crippen molar-refractivity contribution in [3.63, 3.8) is 0 Å². The number of nitrogens with zero attached hydrogens (tertiary/aromatic N) is 1. The fourth-order valence-corrected chi connectivity index (χ4v) is 2.31. The van der Waals surface area contributed by atoms with E-state index in [0.717, 1.165) is 16.6 Å². The molecule has 0 aliphatic heterocycles. The molecule has 0 saturated carbocycles. The van der Waals surface area contributed by atoms with Crippen molar-refractivity contribution in [2.45, 2.75) is 6.92 Å². The topological polar surface area (TPSA) is 36.1 Å². The molecule has 0 spiro atoms. The van der Waals surface area contributed by atoms with Gasteiger partial charge in [-0.25, -0.2) is 0 Å². The van der Waals surface area contributed by atoms with Crippen LogP contribution in [0.1, 0.15) is 16.1 Å². The molecule has 0 aliphatic rings. The van der Waals surface area contributed by atoms with E-state index in [-0.39, 0.29) is 5.91 Å². The summed E-state index contributed by atoms with van der Waals surface area (Å²) in [5.74, 6) is -0.0370. The average Bonchev–Trinajstić information content (AvgIpc) is 2.89. The highest BCUT2D eigenvalue weighted by molar-refractivity contribution is 6.07. The van der Waals surface area contributed by atoms with Crippen LogP contribution in [-0.2, 0) is 0 Å². The molecule has 1 aromatic heterocycles. The molecule has 0 saturated heterocycles. The van der Waals surface area contributed by atoms with E-state index >= 15 is 0 Å². The maximum Gasteiger partial charge on any atom is 0.274 e. The molecule has 100 valence electrons. The summed E-state index contributed by atoms with van der Waals surface area (Å²) in [5.41, 5.74) is 3.66. The Hall–Kier alpha value is -2.55. The molecule has 3 nitrogen and oxygen atoms in total. The monoisotopic (exact) mass is 264 g/mol. The van der Waals surface area contributed by atoms with Crippen molar-refractivity contribution >= 4 is 22.5 Å². The molecule has 0 fully saturated rings. The number of rotatable bonds is 2. The molecule has 1 amide bonds. The highest BCUT2D eigenvalue weighted by atomic mass is 16.2. The lowest BCUT2D eigenvalue weighted by molar-refractivity contribution is 0.0989. The van der Waals surface area contributed by atoms with E-state index in [2.05, 4.69) is 11.1 Å². The smallest absolute Gasteiger partial charge is 0.274 e. The largest absolute Gasteiger partial charge is 0.351 e. The molecular weight excluding hydrogens is 248 g/mol. The lowest BCUT2D eigenvalue weighted by Crippen LogP contribution is -2.26. The van der Waals surface area contributed by atoms with Gasteiger partial charge in [-0.15, -0.1) is 0 Å². The molecule has 0 unspecified atom stereocenters. The summed E-state index contributed by atoms with van der Waals surface area (Å²) in [6, 6.07) is 17.7. The zero-order chi connectivity index (χ0) is 14.1. The molecule has 3 rings (SSSR count). The first kappa shape index (κ1) is 12.5. The van der Waals surface area contributed by atoms with Gasteiger partial charge in [0, 0.05) is 23.6 Å². The van der Waals surface area contributed by atoms with E-state index in [0.29, 0.717) is 5.69 Å². The SMILES string of the molecule is Cc1ccc2cc(C(=O)N(C)c3ccccc3)[nH]c2c1. The van der Waals surface area contributed by atoms with Crippen molar-refractivity contribution in [2.24, 2.45) is 0 Å². The molecule has 3 aromatic rings. The van der Waals surface area contributed by atoms with Crippen LogP contribution in [0.5, 0.6) is 0 Å². The summed E-state index contributed by atoms with van der Waals surface area (Å²) in [7, 11) is 1.79.